The lowest BCUT2D eigenvalue weighted by molar-refractivity contribution is -0.299. The second kappa shape index (κ2) is 12.1. The maximum absolute atomic E-state index is 12.0. The van der Waals surface area contributed by atoms with Crippen molar-refractivity contribution >= 4 is 18.0 Å². The largest absolute Gasteiger partial charge is 0.508 e. The van der Waals surface area contributed by atoms with Gasteiger partial charge in [-0.1, -0.05) is 17.7 Å². The summed E-state index contributed by atoms with van der Waals surface area (Å²) in [5, 5.41) is 39.9. The zero-order chi connectivity index (χ0) is 25.5. The third-order valence-corrected chi connectivity index (χ3v) is 5.41. The molecule has 2 heterocycles. The average Bonchev–Trinajstić information content (AvgIpc) is 3.15. The van der Waals surface area contributed by atoms with Crippen LogP contribution in [0.5, 0.6) is 5.75 Å². The van der Waals surface area contributed by atoms with Crippen LogP contribution >= 0.6 is 0 Å². The highest BCUT2D eigenvalue weighted by Gasteiger charge is 2.44. The van der Waals surface area contributed by atoms with Gasteiger partial charge in [-0.15, -0.1) is 0 Å². The molecule has 0 saturated carbocycles. The van der Waals surface area contributed by atoms with E-state index in [0.717, 1.165) is 11.6 Å². The Labute approximate surface area is 202 Å². The topological polar surface area (TPSA) is 152 Å². The van der Waals surface area contributed by atoms with Crippen molar-refractivity contribution in [3.05, 3.63) is 59.2 Å². The first-order chi connectivity index (χ1) is 16.6. The highest BCUT2D eigenvalue weighted by molar-refractivity contribution is 5.91. The minimum Gasteiger partial charge on any atom is -0.508 e. The van der Waals surface area contributed by atoms with Gasteiger partial charge in [0, 0.05) is 18.1 Å². The number of aliphatic hydroxyl groups is 3. The molecule has 0 amide bonds. The van der Waals surface area contributed by atoms with E-state index in [-0.39, 0.29) is 18.5 Å². The van der Waals surface area contributed by atoms with Crippen molar-refractivity contribution in [2.24, 2.45) is 0 Å². The van der Waals surface area contributed by atoms with E-state index in [0.29, 0.717) is 17.6 Å². The Balaban J connectivity index is 1.52. The predicted octanol–water partition coefficient (Wildman–Crippen LogP) is 0.981. The van der Waals surface area contributed by atoms with Gasteiger partial charge >= 0.3 is 11.9 Å². The van der Waals surface area contributed by atoms with E-state index in [9.17, 15) is 30.0 Å². The van der Waals surface area contributed by atoms with E-state index in [4.69, 9.17) is 18.9 Å². The number of rotatable bonds is 8. The molecule has 0 spiro atoms. The minimum absolute atomic E-state index is 0.0953. The van der Waals surface area contributed by atoms with Crippen LogP contribution < -0.4 is 0 Å². The highest BCUT2D eigenvalue weighted by Crippen LogP contribution is 2.25. The van der Waals surface area contributed by atoms with Crippen molar-refractivity contribution in [1.29, 1.82) is 0 Å². The van der Waals surface area contributed by atoms with Gasteiger partial charge in [-0.3, -0.25) is 0 Å². The molecule has 10 nitrogen and oxygen atoms in total. The van der Waals surface area contributed by atoms with Gasteiger partial charge in [0.25, 0.3) is 0 Å². The van der Waals surface area contributed by atoms with Gasteiger partial charge < -0.3 is 39.4 Å². The second-order valence-corrected chi connectivity index (χ2v) is 8.52. The van der Waals surface area contributed by atoms with E-state index in [2.05, 4.69) is 0 Å². The molecule has 0 aromatic heterocycles. The normalized spacial score (nSPS) is 29.9. The quantitative estimate of drug-likeness (QED) is 0.236. The minimum atomic E-state index is -1.60. The number of carbonyl (C=O) groups excluding carboxylic acids is 2. The molecule has 1 aromatic rings. The number of allylic oxidation sites excluding steroid dienone is 1. The Morgan fingerprint density at radius 2 is 1.83 bits per heavy atom. The van der Waals surface area contributed by atoms with Crippen LogP contribution in [0.15, 0.2) is 53.6 Å². The summed E-state index contributed by atoms with van der Waals surface area (Å²) in [5.41, 5.74) is 2.10. The molecule has 10 heteroatoms. The van der Waals surface area contributed by atoms with Crippen LogP contribution in [0.25, 0.3) is 6.08 Å². The lowest BCUT2D eigenvalue weighted by Gasteiger charge is -2.39. The number of benzene rings is 1. The molecule has 2 fully saturated rings. The number of phenols is 1. The molecule has 3 rings (SSSR count). The van der Waals surface area contributed by atoms with E-state index in [1.165, 1.54) is 24.3 Å². The monoisotopic (exact) mass is 490 g/mol. The molecule has 35 heavy (non-hydrogen) atoms. The number of phenolic OH excluding ortho intramolecular Hbond substituents is 1. The molecular formula is C25H30O10. The molecule has 190 valence electrons. The van der Waals surface area contributed by atoms with E-state index in [1.807, 2.05) is 19.9 Å². The van der Waals surface area contributed by atoms with Crippen LogP contribution in [0.2, 0.25) is 0 Å². The summed E-state index contributed by atoms with van der Waals surface area (Å²) in [6, 6.07) is 6.15. The second-order valence-electron chi connectivity index (χ2n) is 8.52. The van der Waals surface area contributed by atoms with Gasteiger partial charge in [-0.2, -0.15) is 0 Å². The number of cyclic esters (lactones) is 1. The van der Waals surface area contributed by atoms with Gasteiger partial charge in [0.05, 0.1) is 6.61 Å². The van der Waals surface area contributed by atoms with Gasteiger partial charge in [0.2, 0.25) is 0 Å². The van der Waals surface area contributed by atoms with Crippen LogP contribution in [-0.2, 0) is 28.5 Å². The summed E-state index contributed by atoms with van der Waals surface area (Å²) in [7, 11) is 0. The Kier molecular flexibility index (Phi) is 9.19. The summed E-state index contributed by atoms with van der Waals surface area (Å²) < 4.78 is 21.3. The molecular weight excluding hydrogens is 460 g/mol. The Morgan fingerprint density at radius 3 is 2.51 bits per heavy atom. The Hall–Kier alpha value is -3.02. The fourth-order valence-corrected chi connectivity index (χ4v) is 3.58. The zero-order valence-electron chi connectivity index (χ0n) is 19.4. The Bertz CT molecular complexity index is 976. The fourth-order valence-electron chi connectivity index (χ4n) is 3.58. The summed E-state index contributed by atoms with van der Waals surface area (Å²) in [5.74, 6) is -1.08. The molecule has 6 atom stereocenters. The van der Waals surface area contributed by atoms with Crippen molar-refractivity contribution in [2.75, 3.05) is 13.2 Å². The summed E-state index contributed by atoms with van der Waals surface area (Å²) in [6.07, 6.45) is -1.11. The zero-order valence-corrected chi connectivity index (χ0v) is 19.4. The smallest absolute Gasteiger partial charge is 0.334 e. The van der Waals surface area contributed by atoms with Crippen molar-refractivity contribution in [2.45, 2.75) is 57.1 Å². The molecule has 0 unspecified atom stereocenters. The van der Waals surface area contributed by atoms with Crippen LogP contribution in [0.1, 0.15) is 25.8 Å². The number of hydrogen-bond donors (Lipinski definition) is 4. The number of hydrogen-bond acceptors (Lipinski definition) is 10. The number of aromatic hydroxyl groups is 1. The van der Waals surface area contributed by atoms with Gasteiger partial charge in [0.15, 0.2) is 6.29 Å². The van der Waals surface area contributed by atoms with Crippen LogP contribution in [0.4, 0.5) is 0 Å². The first-order valence-electron chi connectivity index (χ1n) is 11.1. The van der Waals surface area contributed by atoms with Crippen molar-refractivity contribution < 1.29 is 49.0 Å². The molecule has 2 saturated heterocycles. The van der Waals surface area contributed by atoms with Crippen LogP contribution in [-0.4, -0.2) is 82.4 Å². The highest BCUT2D eigenvalue weighted by atomic mass is 16.7. The molecule has 2 aliphatic heterocycles. The molecule has 2 aliphatic rings. The van der Waals surface area contributed by atoms with Gasteiger partial charge in [-0.25, -0.2) is 9.59 Å². The number of ether oxygens (including phenoxy) is 4. The maximum Gasteiger partial charge on any atom is 0.334 e. The van der Waals surface area contributed by atoms with E-state index in [1.54, 1.807) is 12.1 Å². The van der Waals surface area contributed by atoms with E-state index >= 15 is 0 Å². The van der Waals surface area contributed by atoms with Crippen molar-refractivity contribution in [1.82, 2.24) is 0 Å². The molecule has 1 aromatic carbocycles. The predicted molar refractivity (Wildman–Crippen MR) is 123 cm³/mol. The average molecular weight is 491 g/mol. The Morgan fingerprint density at radius 1 is 1.11 bits per heavy atom. The van der Waals surface area contributed by atoms with Crippen molar-refractivity contribution in [3.8, 4) is 5.75 Å². The lowest BCUT2D eigenvalue weighted by atomic mass is 9.99. The van der Waals surface area contributed by atoms with E-state index < -0.39 is 49.3 Å². The third-order valence-electron chi connectivity index (χ3n) is 5.41. The number of carbonyl (C=O) groups is 2. The summed E-state index contributed by atoms with van der Waals surface area (Å²) in [6.45, 7) is 3.29. The molecule has 0 bridgehead atoms. The molecule has 0 aliphatic carbocycles. The van der Waals surface area contributed by atoms with Gasteiger partial charge in [0.1, 0.15) is 42.9 Å². The molecule has 4 N–H and O–H groups in total. The first-order valence-corrected chi connectivity index (χ1v) is 11.1. The third kappa shape index (κ3) is 7.48. The van der Waals surface area contributed by atoms with Crippen molar-refractivity contribution in [3.63, 3.8) is 0 Å². The standard InChI is InChI=1S/C25H30O10/c1-14(2)11-18-12-16(24(31)34-18)9-10-32-25-23(30)22(29)21(28)19(35-25)13-33-20(27)8-5-15-3-6-17(26)7-4-15/h3-9,11,18-19,21-23,25-26,28-30H,10,12-13H2,1-2H3/t18-,19+,21+,22-,23+,25+/m1/s1. The SMILES string of the molecule is CC(C)=C[C@@H]1CC(=CCO[C@H]2O[C@@H](COC(=O)C=Cc3ccc(O)cc3)[C@H](O)[C@@H](O)[C@@H]2O)C(=O)O1. The van der Waals surface area contributed by atoms with Crippen LogP contribution in [0.3, 0.4) is 0 Å². The molecule has 0 radical (unpaired) electrons. The fraction of sp³-hybridized carbons (Fsp3) is 0.440. The maximum atomic E-state index is 12.0. The van der Waals surface area contributed by atoms with Gasteiger partial charge in [-0.05, 0) is 49.8 Å². The number of esters is 2. The van der Waals surface area contributed by atoms with Crippen LogP contribution in [0, 0.1) is 0 Å². The number of aliphatic hydroxyl groups excluding tert-OH is 3. The summed E-state index contributed by atoms with van der Waals surface area (Å²) in [4.78, 5) is 24.0. The lowest BCUT2D eigenvalue weighted by Crippen LogP contribution is -2.59. The summed E-state index contributed by atoms with van der Waals surface area (Å²) >= 11 is 0. The first kappa shape index (κ1) is 26.6.